The summed E-state index contributed by atoms with van der Waals surface area (Å²) in [5, 5.41) is 25.4. The van der Waals surface area contributed by atoms with E-state index in [0.29, 0.717) is 17.8 Å². The minimum Gasteiger partial charge on any atom is -0.392 e. The van der Waals surface area contributed by atoms with Crippen molar-refractivity contribution in [2.45, 2.75) is 46.6 Å². The third kappa shape index (κ3) is 2.87. The molecule has 0 saturated carbocycles. The number of nitrogens with zero attached hydrogens (tertiary/aromatic N) is 3. The first kappa shape index (κ1) is 14.6. The number of hydrogen-bond acceptors (Lipinski definition) is 4. The van der Waals surface area contributed by atoms with Crippen LogP contribution < -0.4 is 0 Å². The van der Waals surface area contributed by atoms with Crippen LogP contribution >= 0.6 is 0 Å². The lowest BCUT2D eigenvalue weighted by Gasteiger charge is -2.25. The second-order valence-corrected chi connectivity index (χ2v) is 5.56. The van der Waals surface area contributed by atoms with Crippen molar-refractivity contribution < 1.29 is 10.0 Å². The summed E-state index contributed by atoms with van der Waals surface area (Å²) in [5.41, 5.74) is 0.686. The van der Waals surface area contributed by atoms with Gasteiger partial charge >= 0.3 is 5.69 Å². The first-order valence-electron chi connectivity index (χ1n) is 6.05. The van der Waals surface area contributed by atoms with Crippen LogP contribution in [0.3, 0.4) is 0 Å². The average molecular weight is 255 g/mol. The van der Waals surface area contributed by atoms with Crippen LogP contribution in [0.25, 0.3) is 0 Å². The van der Waals surface area contributed by atoms with Crippen molar-refractivity contribution in [1.29, 1.82) is 0 Å². The van der Waals surface area contributed by atoms with Crippen molar-refractivity contribution in [3.63, 3.8) is 0 Å². The lowest BCUT2D eigenvalue weighted by Crippen LogP contribution is -2.29. The Labute approximate surface area is 107 Å². The molecule has 0 aliphatic rings. The quantitative estimate of drug-likeness (QED) is 0.657. The molecule has 1 N–H and O–H groups in total. The zero-order valence-corrected chi connectivity index (χ0v) is 11.6. The van der Waals surface area contributed by atoms with E-state index in [1.807, 2.05) is 27.7 Å². The molecular formula is C12H21N3O3. The van der Waals surface area contributed by atoms with Crippen molar-refractivity contribution >= 4 is 5.69 Å². The molecule has 6 nitrogen and oxygen atoms in total. The highest BCUT2D eigenvalue weighted by atomic mass is 16.6. The minimum atomic E-state index is -0.642. The molecule has 1 aromatic rings. The predicted molar refractivity (Wildman–Crippen MR) is 68.4 cm³/mol. The summed E-state index contributed by atoms with van der Waals surface area (Å²) >= 11 is 0. The van der Waals surface area contributed by atoms with E-state index in [-0.39, 0.29) is 17.5 Å². The van der Waals surface area contributed by atoms with E-state index < -0.39 is 11.0 Å². The Bertz CT molecular complexity index is 446. The molecule has 0 aliphatic carbocycles. The average Bonchev–Trinajstić information content (AvgIpc) is 2.54. The van der Waals surface area contributed by atoms with Gasteiger partial charge in [0.25, 0.3) is 0 Å². The molecule has 0 amide bonds. The van der Waals surface area contributed by atoms with Crippen molar-refractivity contribution in [1.82, 2.24) is 9.78 Å². The van der Waals surface area contributed by atoms with Gasteiger partial charge in [-0.15, -0.1) is 0 Å². The van der Waals surface area contributed by atoms with Gasteiger partial charge in [0.1, 0.15) is 11.4 Å². The van der Waals surface area contributed by atoms with Crippen LogP contribution in [0.1, 0.15) is 39.1 Å². The van der Waals surface area contributed by atoms with Gasteiger partial charge in [-0.05, 0) is 11.8 Å². The fourth-order valence-electron chi connectivity index (χ4n) is 1.78. The maximum atomic E-state index is 11.1. The van der Waals surface area contributed by atoms with Crippen LogP contribution in [0.4, 0.5) is 5.69 Å². The fraction of sp³-hybridized carbons (Fsp3) is 0.750. The van der Waals surface area contributed by atoms with Gasteiger partial charge in [-0.3, -0.25) is 14.8 Å². The van der Waals surface area contributed by atoms with Gasteiger partial charge in [0, 0.05) is 13.5 Å². The van der Waals surface area contributed by atoms with Gasteiger partial charge in [-0.2, -0.15) is 5.10 Å². The van der Waals surface area contributed by atoms with Gasteiger partial charge in [-0.25, -0.2) is 0 Å². The largest absolute Gasteiger partial charge is 0.392 e. The SMILES string of the molecule is CCc1nn(C)c(CC(O)C(C)(C)C)c1[N+](=O)[O-]. The molecule has 0 aromatic carbocycles. The number of aliphatic hydroxyl groups is 1. The molecule has 0 fully saturated rings. The lowest BCUT2D eigenvalue weighted by molar-refractivity contribution is -0.386. The summed E-state index contributed by atoms with van der Waals surface area (Å²) in [6.45, 7) is 7.54. The number of nitro groups is 1. The molecule has 18 heavy (non-hydrogen) atoms. The molecule has 0 spiro atoms. The van der Waals surface area contributed by atoms with E-state index in [2.05, 4.69) is 5.10 Å². The van der Waals surface area contributed by atoms with Gasteiger partial charge < -0.3 is 5.11 Å². The Kier molecular flexibility index (Phi) is 4.11. The van der Waals surface area contributed by atoms with Crippen LogP contribution in [0, 0.1) is 15.5 Å². The summed E-state index contributed by atoms with van der Waals surface area (Å²) in [4.78, 5) is 10.7. The molecule has 102 valence electrons. The number of aryl methyl sites for hydroxylation is 2. The second kappa shape index (κ2) is 5.06. The van der Waals surface area contributed by atoms with Crippen LogP contribution in [0.5, 0.6) is 0 Å². The molecule has 0 saturated heterocycles. The van der Waals surface area contributed by atoms with Crippen LogP contribution in [0.15, 0.2) is 0 Å². The standard InChI is InChI=1S/C12H21N3O3/c1-6-8-11(15(17)18)9(14(5)13-8)7-10(16)12(2,3)4/h10,16H,6-7H2,1-5H3. The molecule has 1 rings (SSSR count). The topological polar surface area (TPSA) is 81.2 Å². The van der Waals surface area contributed by atoms with Crippen molar-refractivity contribution in [3.8, 4) is 0 Å². The minimum absolute atomic E-state index is 0.0447. The summed E-state index contributed by atoms with van der Waals surface area (Å²) in [7, 11) is 1.68. The van der Waals surface area contributed by atoms with Gasteiger partial charge in [0.2, 0.25) is 0 Å². The van der Waals surface area contributed by atoms with E-state index in [9.17, 15) is 15.2 Å². The summed E-state index contributed by atoms with van der Waals surface area (Å²) in [6.07, 6.45) is 0.107. The zero-order chi connectivity index (χ0) is 14.1. The number of hydrogen-bond donors (Lipinski definition) is 1. The van der Waals surface area contributed by atoms with Crippen LogP contribution in [-0.4, -0.2) is 25.9 Å². The predicted octanol–water partition coefficient (Wildman–Crippen LogP) is 1.84. The first-order chi connectivity index (χ1) is 8.18. The number of aromatic nitrogens is 2. The number of rotatable bonds is 4. The summed E-state index contributed by atoms with van der Waals surface area (Å²) < 4.78 is 1.51. The van der Waals surface area contributed by atoms with E-state index >= 15 is 0 Å². The highest BCUT2D eigenvalue weighted by Crippen LogP contribution is 2.29. The highest BCUT2D eigenvalue weighted by Gasteiger charge is 2.30. The monoisotopic (exact) mass is 255 g/mol. The van der Waals surface area contributed by atoms with Gasteiger partial charge in [0.15, 0.2) is 0 Å². The maximum absolute atomic E-state index is 11.1. The molecule has 6 heteroatoms. The van der Waals surface area contributed by atoms with Crippen LogP contribution in [0.2, 0.25) is 0 Å². The molecule has 1 aromatic heterocycles. The van der Waals surface area contributed by atoms with Gasteiger partial charge in [0.05, 0.1) is 11.0 Å². The van der Waals surface area contributed by atoms with Crippen molar-refractivity contribution in [2.24, 2.45) is 12.5 Å². The Hall–Kier alpha value is -1.43. The summed E-state index contributed by atoms with van der Waals surface area (Å²) in [5.74, 6) is 0. The van der Waals surface area contributed by atoms with Crippen molar-refractivity contribution in [3.05, 3.63) is 21.5 Å². The molecule has 0 aliphatic heterocycles. The third-order valence-electron chi connectivity index (χ3n) is 3.11. The molecule has 0 radical (unpaired) electrons. The summed E-state index contributed by atoms with van der Waals surface area (Å²) in [6, 6.07) is 0. The first-order valence-corrected chi connectivity index (χ1v) is 6.05. The van der Waals surface area contributed by atoms with Crippen LogP contribution in [-0.2, 0) is 19.9 Å². The Morgan fingerprint density at radius 1 is 1.50 bits per heavy atom. The van der Waals surface area contributed by atoms with E-state index in [1.165, 1.54) is 4.68 Å². The third-order valence-corrected chi connectivity index (χ3v) is 3.11. The Morgan fingerprint density at radius 3 is 2.44 bits per heavy atom. The lowest BCUT2D eigenvalue weighted by atomic mass is 9.86. The normalized spacial score (nSPS) is 13.7. The van der Waals surface area contributed by atoms with Gasteiger partial charge in [-0.1, -0.05) is 27.7 Å². The Morgan fingerprint density at radius 2 is 2.06 bits per heavy atom. The number of aliphatic hydroxyl groups excluding tert-OH is 1. The maximum Gasteiger partial charge on any atom is 0.313 e. The molecule has 0 bridgehead atoms. The molecule has 1 atom stereocenters. The zero-order valence-electron chi connectivity index (χ0n) is 11.6. The fourth-order valence-corrected chi connectivity index (χ4v) is 1.78. The second-order valence-electron chi connectivity index (χ2n) is 5.56. The van der Waals surface area contributed by atoms with Crippen molar-refractivity contribution in [2.75, 3.05) is 0 Å². The van der Waals surface area contributed by atoms with E-state index in [0.717, 1.165) is 0 Å². The molecule has 1 heterocycles. The molecular weight excluding hydrogens is 234 g/mol. The van der Waals surface area contributed by atoms with E-state index in [4.69, 9.17) is 0 Å². The van der Waals surface area contributed by atoms with E-state index in [1.54, 1.807) is 7.05 Å². The Balaban J connectivity index is 3.16. The molecule has 1 unspecified atom stereocenters. The smallest absolute Gasteiger partial charge is 0.313 e. The highest BCUT2D eigenvalue weighted by molar-refractivity contribution is 5.41.